The molecule has 108 valence electrons. The van der Waals surface area contributed by atoms with Crippen molar-refractivity contribution in [1.82, 2.24) is 14.5 Å². The molecule has 0 saturated heterocycles. The highest BCUT2D eigenvalue weighted by Crippen LogP contribution is 2.22. The Hall–Kier alpha value is -1.39. The number of nitrogens with zero attached hydrogens (tertiary/aromatic N) is 2. The Labute approximate surface area is 126 Å². The van der Waals surface area contributed by atoms with Gasteiger partial charge in [-0.1, -0.05) is 44.2 Å². The maximum Gasteiger partial charge on any atom is 0.177 e. The van der Waals surface area contributed by atoms with Crippen LogP contribution in [0.3, 0.4) is 0 Å². The molecule has 1 atom stereocenters. The summed E-state index contributed by atoms with van der Waals surface area (Å²) < 4.78 is 2.94. The lowest BCUT2D eigenvalue weighted by Crippen LogP contribution is -2.31. The lowest BCUT2D eigenvalue weighted by atomic mass is 10.1. The summed E-state index contributed by atoms with van der Waals surface area (Å²) in [6.45, 7) is 9.41. The van der Waals surface area contributed by atoms with Crippen LogP contribution in [0.4, 0.5) is 0 Å². The smallest absolute Gasteiger partial charge is 0.177 e. The second-order valence-electron chi connectivity index (χ2n) is 5.04. The maximum atomic E-state index is 5.39. The molecule has 1 unspecified atom stereocenters. The van der Waals surface area contributed by atoms with Crippen molar-refractivity contribution in [1.29, 1.82) is 0 Å². The number of likely N-dealkylation sites (N-methyl/N-ethyl adjacent to an activating group) is 1. The third-order valence-corrected chi connectivity index (χ3v) is 4.06. The van der Waals surface area contributed by atoms with Crippen LogP contribution in [0.1, 0.15) is 31.1 Å². The molecule has 0 amide bonds. The Balaban J connectivity index is 2.32. The third kappa shape index (κ3) is 3.38. The van der Waals surface area contributed by atoms with Gasteiger partial charge in [0.1, 0.15) is 0 Å². The zero-order valence-electron chi connectivity index (χ0n) is 12.5. The van der Waals surface area contributed by atoms with Gasteiger partial charge in [0.2, 0.25) is 0 Å². The molecule has 0 aliphatic carbocycles. The van der Waals surface area contributed by atoms with E-state index in [9.17, 15) is 0 Å². The highest BCUT2D eigenvalue weighted by Gasteiger charge is 2.18. The molecule has 2 rings (SSSR count). The van der Waals surface area contributed by atoms with Crippen molar-refractivity contribution < 1.29 is 0 Å². The average molecular weight is 289 g/mol. The number of imidazole rings is 1. The van der Waals surface area contributed by atoms with Gasteiger partial charge in [0.25, 0.3) is 0 Å². The minimum atomic E-state index is 0.355. The summed E-state index contributed by atoms with van der Waals surface area (Å²) in [5.41, 5.74) is 2.46. The first kappa shape index (κ1) is 15.0. The van der Waals surface area contributed by atoms with Crippen molar-refractivity contribution in [3.8, 4) is 0 Å². The lowest BCUT2D eigenvalue weighted by molar-refractivity contribution is 0.197. The number of H-pyrrole nitrogens is 1. The van der Waals surface area contributed by atoms with Crippen molar-refractivity contribution in [2.24, 2.45) is 0 Å². The van der Waals surface area contributed by atoms with Crippen LogP contribution in [0.25, 0.3) is 0 Å². The molecule has 1 aromatic carbocycles. The van der Waals surface area contributed by atoms with Crippen LogP contribution in [-0.4, -0.2) is 27.5 Å². The molecule has 0 saturated carbocycles. The molecular formula is C16H23N3S. The van der Waals surface area contributed by atoms with E-state index in [-0.39, 0.29) is 0 Å². The van der Waals surface area contributed by atoms with E-state index in [1.54, 1.807) is 0 Å². The quantitative estimate of drug-likeness (QED) is 0.815. The molecule has 0 fully saturated rings. The molecule has 3 nitrogen and oxygen atoms in total. The van der Waals surface area contributed by atoms with Crippen molar-refractivity contribution >= 4 is 12.2 Å². The molecule has 0 radical (unpaired) electrons. The maximum absolute atomic E-state index is 5.39. The molecule has 2 aromatic rings. The Bertz CT molecular complexity index is 581. The number of aryl methyl sites for hydroxylation is 1. The van der Waals surface area contributed by atoms with Crippen LogP contribution in [0.5, 0.6) is 0 Å². The van der Waals surface area contributed by atoms with Crippen molar-refractivity contribution in [2.75, 3.05) is 13.1 Å². The van der Waals surface area contributed by atoms with Gasteiger partial charge >= 0.3 is 0 Å². The zero-order chi connectivity index (χ0) is 14.5. The minimum absolute atomic E-state index is 0.355. The fraction of sp³-hybridized carbons (Fsp3) is 0.438. The van der Waals surface area contributed by atoms with Crippen LogP contribution < -0.4 is 0 Å². The van der Waals surface area contributed by atoms with Gasteiger partial charge in [-0.2, -0.15) is 0 Å². The first-order valence-corrected chi connectivity index (χ1v) is 7.61. The van der Waals surface area contributed by atoms with Gasteiger partial charge in [-0.05, 0) is 37.8 Å². The normalized spacial score (nSPS) is 12.8. The fourth-order valence-electron chi connectivity index (χ4n) is 2.66. The largest absolute Gasteiger partial charge is 0.335 e. The standard InChI is InChI=1S/C16H23N3S/c1-4-18(5-2)15(14-9-7-6-8-10-14)12-19-11-13(3)17-16(19)20/h6-11,15H,4-5,12H2,1-3H3,(H,17,20). The van der Waals surface area contributed by atoms with Crippen LogP contribution in [0.15, 0.2) is 36.5 Å². The molecule has 1 aromatic heterocycles. The number of benzene rings is 1. The number of hydrogen-bond acceptors (Lipinski definition) is 2. The summed E-state index contributed by atoms with van der Waals surface area (Å²) in [7, 11) is 0. The first-order chi connectivity index (χ1) is 9.65. The predicted molar refractivity (Wildman–Crippen MR) is 86.5 cm³/mol. The topological polar surface area (TPSA) is 24.0 Å². The van der Waals surface area contributed by atoms with E-state index in [2.05, 4.69) is 64.8 Å². The van der Waals surface area contributed by atoms with Crippen LogP contribution in [0.2, 0.25) is 0 Å². The molecule has 20 heavy (non-hydrogen) atoms. The molecule has 4 heteroatoms. The molecule has 0 aliphatic heterocycles. The predicted octanol–water partition coefficient (Wildman–Crippen LogP) is 3.94. The SMILES string of the molecule is CCN(CC)C(Cn1cc(C)[nH]c1=S)c1ccccc1. The van der Waals surface area contributed by atoms with Gasteiger partial charge in [-0.3, -0.25) is 4.90 Å². The monoisotopic (exact) mass is 289 g/mol. The summed E-state index contributed by atoms with van der Waals surface area (Å²) in [5.74, 6) is 0. The van der Waals surface area contributed by atoms with Gasteiger partial charge in [-0.15, -0.1) is 0 Å². The van der Waals surface area contributed by atoms with Crippen LogP contribution in [0, 0.1) is 11.7 Å². The number of aromatic nitrogens is 2. The second-order valence-corrected chi connectivity index (χ2v) is 5.43. The molecule has 0 aliphatic rings. The Morgan fingerprint density at radius 1 is 1.20 bits per heavy atom. The van der Waals surface area contributed by atoms with E-state index in [0.717, 1.165) is 30.1 Å². The molecule has 0 spiro atoms. The van der Waals surface area contributed by atoms with E-state index < -0.39 is 0 Å². The summed E-state index contributed by atoms with van der Waals surface area (Å²) in [6, 6.07) is 11.0. The number of hydrogen-bond donors (Lipinski definition) is 1. The third-order valence-electron chi connectivity index (χ3n) is 3.72. The summed E-state index contributed by atoms with van der Waals surface area (Å²) in [4.78, 5) is 5.67. The summed E-state index contributed by atoms with van der Waals surface area (Å²) in [6.07, 6.45) is 2.10. The number of nitrogens with one attached hydrogen (secondary N) is 1. The van der Waals surface area contributed by atoms with Gasteiger partial charge in [-0.25, -0.2) is 0 Å². The van der Waals surface area contributed by atoms with E-state index >= 15 is 0 Å². The Morgan fingerprint density at radius 3 is 2.35 bits per heavy atom. The molecular weight excluding hydrogens is 266 g/mol. The van der Waals surface area contributed by atoms with E-state index in [4.69, 9.17) is 12.2 Å². The van der Waals surface area contributed by atoms with Crippen LogP contribution in [-0.2, 0) is 6.54 Å². The molecule has 0 bridgehead atoms. The number of rotatable bonds is 6. The average Bonchev–Trinajstić information content (AvgIpc) is 2.78. The second kappa shape index (κ2) is 6.86. The van der Waals surface area contributed by atoms with Crippen molar-refractivity contribution in [2.45, 2.75) is 33.4 Å². The minimum Gasteiger partial charge on any atom is -0.335 e. The van der Waals surface area contributed by atoms with E-state index in [0.29, 0.717) is 6.04 Å². The van der Waals surface area contributed by atoms with Gasteiger partial charge < -0.3 is 9.55 Å². The van der Waals surface area contributed by atoms with E-state index in [1.807, 2.05) is 6.92 Å². The first-order valence-electron chi connectivity index (χ1n) is 7.20. The fourth-order valence-corrected chi connectivity index (χ4v) is 2.95. The Kier molecular flexibility index (Phi) is 5.15. The van der Waals surface area contributed by atoms with Crippen LogP contribution >= 0.6 is 12.2 Å². The highest BCUT2D eigenvalue weighted by atomic mass is 32.1. The summed E-state index contributed by atoms with van der Waals surface area (Å²) in [5, 5.41) is 0. The zero-order valence-corrected chi connectivity index (χ0v) is 13.3. The van der Waals surface area contributed by atoms with E-state index in [1.165, 1.54) is 5.56 Å². The molecule has 1 heterocycles. The summed E-state index contributed by atoms with van der Waals surface area (Å²) >= 11 is 5.39. The number of aromatic amines is 1. The molecule has 1 N–H and O–H groups in total. The van der Waals surface area contributed by atoms with Crippen molar-refractivity contribution in [3.05, 3.63) is 52.6 Å². The van der Waals surface area contributed by atoms with Crippen molar-refractivity contribution in [3.63, 3.8) is 0 Å². The van der Waals surface area contributed by atoms with Gasteiger partial charge in [0.05, 0.1) is 6.04 Å². The lowest BCUT2D eigenvalue weighted by Gasteiger charge is -2.30. The van der Waals surface area contributed by atoms with Gasteiger partial charge in [0.15, 0.2) is 4.77 Å². The highest BCUT2D eigenvalue weighted by molar-refractivity contribution is 7.71. The Morgan fingerprint density at radius 2 is 1.85 bits per heavy atom. The van der Waals surface area contributed by atoms with Gasteiger partial charge in [0, 0.05) is 18.4 Å².